The third-order valence-corrected chi connectivity index (χ3v) is 4.75. The molecule has 0 amide bonds. The van der Waals surface area contributed by atoms with Crippen LogP contribution in [0.4, 0.5) is 11.4 Å². The zero-order valence-electron chi connectivity index (χ0n) is 13.9. The predicted octanol–water partition coefficient (Wildman–Crippen LogP) is 6.56. The average Bonchev–Trinajstić information content (AvgIpc) is 2.90. The number of hydrogen-bond acceptors (Lipinski definition) is 4. The quantitative estimate of drug-likeness (QED) is 0.461. The molecule has 0 unspecified atom stereocenters. The van der Waals surface area contributed by atoms with Crippen LogP contribution in [0, 0.1) is 13.8 Å². The minimum absolute atomic E-state index is 0.296. The second kappa shape index (κ2) is 7.58. The summed E-state index contributed by atoms with van der Waals surface area (Å²) in [6.07, 6.45) is 0. The fraction of sp³-hybridized carbons (Fsp3) is 0.111. The second-order valence-electron chi connectivity index (χ2n) is 5.52. The van der Waals surface area contributed by atoms with Gasteiger partial charge >= 0.3 is 0 Å². The predicted molar refractivity (Wildman–Crippen MR) is 104 cm³/mol. The van der Waals surface area contributed by atoms with Gasteiger partial charge in [0.1, 0.15) is 11.4 Å². The van der Waals surface area contributed by atoms with Gasteiger partial charge in [0, 0.05) is 10.6 Å². The van der Waals surface area contributed by atoms with Crippen molar-refractivity contribution in [3.63, 3.8) is 0 Å². The maximum absolute atomic E-state index is 12.7. The van der Waals surface area contributed by atoms with Crippen LogP contribution >= 0.6 is 34.8 Å². The van der Waals surface area contributed by atoms with Crippen molar-refractivity contribution in [3.8, 4) is 0 Å². The van der Waals surface area contributed by atoms with Crippen LogP contribution in [0.3, 0.4) is 0 Å². The van der Waals surface area contributed by atoms with Crippen LogP contribution in [-0.2, 0) is 0 Å². The van der Waals surface area contributed by atoms with E-state index in [1.165, 1.54) is 4.68 Å². The molecule has 0 saturated carbocycles. The molecule has 1 heterocycles. The molecule has 0 bridgehead atoms. The lowest BCUT2D eigenvalue weighted by Gasteiger charge is -2.03. The molecule has 3 rings (SSSR count). The zero-order chi connectivity index (χ0) is 18.8. The van der Waals surface area contributed by atoms with E-state index in [9.17, 15) is 4.79 Å². The molecule has 0 aliphatic carbocycles. The summed E-state index contributed by atoms with van der Waals surface area (Å²) in [4.78, 5) is 12.7. The van der Waals surface area contributed by atoms with Crippen molar-refractivity contribution in [1.29, 1.82) is 0 Å². The summed E-state index contributed by atoms with van der Waals surface area (Å²) in [5.41, 5.74) is 2.50. The SMILES string of the molecule is Cc1nn(C(=O)c2cccc(Cl)c2)c(C)c1N=Nc1cccc(Cl)c1Cl. The first-order valence-corrected chi connectivity index (χ1v) is 8.74. The van der Waals surface area contributed by atoms with E-state index < -0.39 is 0 Å². The van der Waals surface area contributed by atoms with E-state index in [-0.39, 0.29) is 5.91 Å². The van der Waals surface area contributed by atoms with Crippen LogP contribution in [0.2, 0.25) is 15.1 Å². The minimum atomic E-state index is -0.296. The molecule has 1 aromatic heterocycles. The summed E-state index contributed by atoms with van der Waals surface area (Å²) in [7, 11) is 0. The first kappa shape index (κ1) is 18.6. The Morgan fingerprint density at radius 1 is 1.04 bits per heavy atom. The summed E-state index contributed by atoms with van der Waals surface area (Å²) < 4.78 is 1.29. The number of carbonyl (C=O) groups is 1. The van der Waals surface area contributed by atoms with E-state index in [0.29, 0.717) is 43.4 Å². The van der Waals surface area contributed by atoms with E-state index in [2.05, 4.69) is 15.3 Å². The molecule has 0 N–H and O–H groups in total. The number of azo groups is 1. The number of benzene rings is 2. The largest absolute Gasteiger partial charge is 0.278 e. The van der Waals surface area contributed by atoms with Gasteiger partial charge in [0.15, 0.2) is 0 Å². The molecule has 8 heteroatoms. The van der Waals surface area contributed by atoms with Crippen LogP contribution < -0.4 is 0 Å². The molecule has 0 aliphatic heterocycles. The molecule has 0 atom stereocenters. The number of hydrogen-bond donors (Lipinski definition) is 0. The molecule has 0 aliphatic rings. The van der Waals surface area contributed by atoms with E-state index in [0.717, 1.165) is 0 Å². The van der Waals surface area contributed by atoms with Gasteiger partial charge in [-0.05, 0) is 44.2 Å². The highest BCUT2D eigenvalue weighted by atomic mass is 35.5. The van der Waals surface area contributed by atoms with Crippen LogP contribution in [0.5, 0.6) is 0 Å². The number of carbonyl (C=O) groups excluding carboxylic acids is 1. The molecule has 26 heavy (non-hydrogen) atoms. The highest BCUT2D eigenvalue weighted by Crippen LogP contribution is 2.34. The molecule has 0 saturated heterocycles. The fourth-order valence-electron chi connectivity index (χ4n) is 2.39. The fourth-order valence-corrected chi connectivity index (χ4v) is 2.92. The van der Waals surface area contributed by atoms with Gasteiger partial charge in [-0.3, -0.25) is 4.79 Å². The minimum Gasteiger partial charge on any atom is -0.267 e. The molecule has 132 valence electrons. The van der Waals surface area contributed by atoms with Gasteiger partial charge in [-0.1, -0.05) is 46.9 Å². The van der Waals surface area contributed by atoms with Crippen molar-refractivity contribution in [1.82, 2.24) is 9.78 Å². The maximum Gasteiger partial charge on any atom is 0.278 e. The van der Waals surface area contributed by atoms with Crippen molar-refractivity contribution in [2.45, 2.75) is 13.8 Å². The molecule has 0 radical (unpaired) electrons. The molecular formula is C18H13Cl3N4O. The van der Waals surface area contributed by atoms with Crippen molar-refractivity contribution in [2.75, 3.05) is 0 Å². The van der Waals surface area contributed by atoms with Crippen LogP contribution in [0.1, 0.15) is 21.7 Å². The number of halogens is 3. The zero-order valence-corrected chi connectivity index (χ0v) is 16.1. The molecular weight excluding hydrogens is 395 g/mol. The Morgan fingerprint density at radius 3 is 2.50 bits per heavy atom. The third-order valence-electron chi connectivity index (χ3n) is 3.71. The smallest absolute Gasteiger partial charge is 0.267 e. The second-order valence-corrected chi connectivity index (χ2v) is 6.74. The monoisotopic (exact) mass is 406 g/mol. The van der Waals surface area contributed by atoms with Crippen molar-refractivity contribution < 1.29 is 4.79 Å². The maximum atomic E-state index is 12.7. The van der Waals surface area contributed by atoms with Crippen LogP contribution in [0.15, 0.2) is 52.7 Å². The van der Waals surface area contributed by atoms with Crippen LogP contribution in [0.25, 0.3) is 0 Å². The van der Waals surface area contributed by atoms with E-state index >= 15 is 0 Å². The topological polar surface area (TPSA) is 59.6 Å². The molecule has 0 fully saturated rings. The van der Waals surface area contributed by atoms with Crippen molar-refractivity contribution in [3.05, 3.63) is 74.5 Å². The molecule has 5 nitrogen and oxygen atoms in total. The Bertz CT molecular complexity index is 1030. The first-order chi connectivity index (χ1) is 12.4. The average molecular weight is 408 g/mol. The number of rotatable bonds is 3. The molecule has 2 aromatic carbocycles. The first-order valence-electron chi connectivity index (χ1n) is 7.60. The summed E-state index contributed by atoms with van der Waals surface area (Å²) >= 11 is 18.1. The highest BCUT2D eigenvalue weighted by molar-refractivity contribution is 6.43. The normalized spacial score (nSPS) is 11.3. The van der Waals surface area contributed by atoms with Gasteiger partial charge < -0.3 is 0 Å². The van der Waals surface area contributed by atoms with E-state index in [1.807, 2.05) is 0 Å². The lowest BCUT2D eigenvalue weighted by Crippen LogP contribution is -2.15. The van der Waals surface area contributed by atoms with Gasteiger partial charge in [0.05, 0.1) is 21.4 Å². The van der Waals surface area contributed by atoms with Gasteiger partial charge in [-0.25, -0.2) is 0 Å². The Labute approximate surface area is 165 Å². The lowest BCUT2D eigenvalue weighted by molar-refractivity contribution is 0.0942. The van der Waals surface area contributed by atoms with Gasteiger partial charge in [0.25, 0.3) is 5.91 Å². The number of aromatic nitrogens is 2. The van der Waals surface area contributed by atoms with E-state index in [1.54, 1.807) is 56.3 Å². The van der Waals surface area contributed by atoms with Crippen molar-refractivity contribution >= 4 is 52.1 Å². The summed E-state index contributed by atoms with van der Waals surface area (Å²) in [6.45, 7) is 3.50. The van der Waals surface area contributed by atoms with Crippen molar-refractivity contribution in [2.24, 2.45) is 10.2 Å². The summed E-state index contributed by atoms with van der Waals surface area (Å²) in [6, 6.07) is 11.8. The third kappa shape index (κ3) is 3.65. The van der Waals surface area contributed by atoms with Gasteiger partial charge in [0.2, 0.25) is 0 Å². The standard InChI is InChI=1S/C18H13Cl3N4O/c1-10-17(23-22-15-8-4-7-14(20)16(15)21)11(2)25(24-10)18(26)12-5-3-6-13(19)9-12/h3-9H,1-2H3. The Balaban J connectivity index is 1.97. The Kier molecular flexibility index (Phi) is 5.41. The van der Waals surface area contributed by atoms with Gasteiger partial charge in [-0.2, -0.15) is 9.78 Å². The molecule has 3 aromatic rings. The lowest BCUT2D eigenvalue weighted by atomic mass is 10.2. The van der Waals surface area contributed by atoms with Crippen LogP contribution in [-0.4, -0.2) is 15.7 Å². The number of aryl methyl sites for hydroxylation is 1. The Morgan fingerprint density at radius 2 is 1.77 bits per heavy atom. The Hall–Kier alpha value is -2.21. The summed E-state index contributed by atoms with van der Waals surface area (Å²) in [5.74, 6) is -0.296. The molecule has 0 spiro atoms. The van der Waals surface area contributed by atoms with E-state index in [4.69, 9.17) is 34.8 Å². The number of nitrogens with zero attached hydrogens (tertiary/aromatic N) is 4. The van der Waals surface area contributed by atoms with Gasteiger partial charge in [-0.15, -0.1) is 10.2 Å². The highest BCUT2D eigenvalue weighted by Gasteiger charge is 2.18. The summed E-state index contributed by atoms with van der Waals surface area (Å²) in [5, 5.41) is 13.8.